The number of carbonyl (C=O) groups excluding carboxylic acids is 3. The number of H-pyrrole nitrogens is 1. The van der Waals surface area contributed by atoms with Crippen molar-refractivity contribution in [2.75, 3.05) is 31.6 Å². The maximum absolute atomic E-state index is 13.4. The second-order valence-corrected chi connectivity index (χ2v) is 12.1. The minimum absolute atomic E-state index is 0.0141. The Hall–Kier alpha value is -3.37. The van der Waals surface area contributed by atoms with Crippen LogP contribution in [-0.2, 0) is 32.1 Å². The van der Waals surface area contributed by atoms with E-state index >= 15 is 0 Å². The summed E-state index contributed by atoms with van der Waals surface area (Å²) in [7, 11) is 0. The van der Waals surface area contributed by atoms with E-state index in [-0.39, 0.29) is 30.5 Å². The molecule has 1 unspecified atom stereocenters. The molecule has 2 aromatic carbocycles. The fourth-order valence-corrected chi connectivity index (χ4v) is 6.03. The summed E-state index contributed by atoms with van der Waals surface area (Å²) in [6.07, 6.45) is 8.46. The van der Waals surface area contributed by atoms with E-state index in [9.17, 15) is 14.4 Å². The molecular weight excluding hydrogens is 550 g/mol. The highest BCUT2D eigenvalue weighted by Gasteiger charge is 2.31. The van der Waals surface area contributed by atoms with Crippen LogP contribution in [0, 0.1) is 0 Å². The summed E-state index contributed by atoms with van der Waals surface area (Å²) in [5.41, 5.74) is 2.06. The number of likely N-dealkylation sites (tertiary alicyclic amines) is 1. The average Bonchev–Trinajstić information content (AvgIpc) is 3.66. The number of amides is 2. The van der Waals surface area contributed by atoms with E-state index in [1.165, 1.54) is 0 Å². The lowest BCUT2D eigenvalue weighted by atomic mass is 10.0. The Bertz CT molecular complexity index is 1310. The topological polar surface area (TPSA) is 108 Å². The predicted octanol–water partition coefficient (Wildman–Crippen LogP) is 4.18. The fraction of sp³-hybridized carbons (Fsp3) is 0.500. The Labute approximate surface area is 252 Å². The molecule has 1 aliphatic rings. The number of benzene rings is 2. The summed E-state index contributed by atoms with van der Waals surface area (Å²) in [6.45, 7) is 5.56. The van der Waals surface area contributed by atoms with Gasteiger partial charge in [-0.2, -0.15) is 11.8 Å². The number of nitrogens with one attached hydrogen (secondary N) is 2. The van der Waals surface area contributed by atoms with Crippen molar-refractivity contribution in [3.05, 3.63) is 66.2 Å². The zero-order chi connectivity index (χ0) is 29.9. The van der Waals surface area contributed by atoms with E-state index in [1.54, 1.807) is 38.1 Å². The summed E-state index contributed by atoms with van der Waals surface area (Å²) in [6, 6.07) is 13.8. The van der Waals surface area contributed by atoms with Crippen LogP contribution in [0.25, 0.3) is 10.8 Å². The molecule has 1 fully saturated rings. The molecule has 1 saturated heterocycles. The summed E-state index contributed by atoms with van der Waals surface area (Å²) in [4.78, 5) is 50.6. The molecule has 3 aromatic rings. The minimum Gasteiger partial charge on any atom is -0.461 e. The van der Waals surface area contributed by atoms with Crippen LogP contribution in [0.5, 0.6) is 0 Å². The highest BCUT2D eigenvalue weighted by atomic mass is 32.2. The second kappa shape index (κ2) is 15.7. The van der Waals surface area contributed by atoms with Crippen molar-refractivity contribution in [1.29, 1.82) is 0 Å². The van der Waals surface area contributed by atoms with Crippen molar-refractivity contribution in [2.45, 2.75) is 70.7 Å². The van der Waals surface area contributed by atoms with Crippen LogP contribution in [0.1, 0.15) is 50.8 Å². The van der Waals surface area contributed by atoms with E-state index < -0.39 is 12.0 Å². The van der Waals surface area contributed by atoms with E-state index in [1.807, 2.05) is 29.4 Å². The maximum atomic E-state index is 13.4. The largest absolute Gasteiger partial charge is 0.461 e. The number of aromatic nitrogens is 2. The normalized spacial score (nSPS) is 15.8. The van der Waals surface area contributed by atoms with Gasteiger partial charge in [-0.15, -0.1) is 0 Å². The number of carbonyl (C=O) groups is 3. The Kier molecular flexibility index (Phi) is 11.8. The van der Waals surface area contributed by atoms with Crippen molar-refractivity contribution in [2.24, 2.45) is 0 Å². The number of hydrogen-bond donors (Lipinski definition) is 2. The molecule has 9 nitrogen and oxygen atoms in total. The first-order valence-electron chi connectivity index (χ1n) is 14.8. The van der Waals surface area contributed by atoms with E-state index in [2.05, 4.69) is 44.5 Å². The van der Waals surface area contributed by atoms with Gasteiger partial charge in [0.15, 0.2) is 0 Å². The Morgan fingerprint density at radius 2 is 2.00 bits per heavy atom. The molecule has 42 heavy (non-hydrogen) atoms. The van der Waals surface area contributed by atoms with Crippen LogP contribution >= 0.6 is 11.8 Å². The summed E-state index contributed by atoms with van der Waals surface area (Å²) in [5, 5.41) is 5.23. The lowest BCUT2D eigenvalue weighted by Crippen LogP contribution is -2.49. The van der Waals surface area contributed by atoms with Gasteiger partial charge in [0.25, 0.3) is 0 Å². The van der Waals surface area contributed by atoms with Gasteiger partial charge in [-0.05, 0) is 67.9 Å². The van der Waals surface area contributed by atoms with E-state index in [0.717, 1.165) is 47.2 Å². The third kappa shape index (κ3) is 9.06. The zero-order valence-corrected chi connectivity index (χ0v) is 25.7. The van der Waals surface area contributed by atoms with Gasteiger partial charge >= 0.3 is 5.97 Å². The number of thioether (sulfide) groups is 1. The molecule has 226 valence electrons. The number of fused-ring (bicyclic) bond motifs is 1. The molecule has 2 amide bonds. The third-order valence-corrected chi connectivity index (χ3v) is 8.20. The van der Waals surface area contributed by atoms with Gasteiger partial charge in [0.2, 0.25) is 11.8 Å². The molecule has 0 spiro atoms. The van der Waals surface area contributed by atoms with Crippen LogP contribution in [0.4, 0.5) is 0 Å². The number of aromatic amines is 1. The summed E-state index contributed by atoms with van der Waals surface area (Å²) < 4.78 is 5.43. The van der Waals surface area contributed by atoms with Gasteiger partial charge in [0, 0.05) is 44.0 Å². The molecule has 1 aliphatic heterocycles. The van der Waals surface area contributed by atoms with Crippen LogP contribution in [0.15, 0.2) is 55.0 Å². The lowest BCUT2D eigenvalue weighted by molar-refractivity contribution is -0.151. The Balaban J connectivity index is 1.49. The van der Waals surface area contributed by atoms with E-state index in [0.29, 0.717) is 32.4 Å². The quantitative estimate of drug-likeness (QED) is 0.255. The molecule has 0 aliphatic carbocycles. The number of nitrogens with zero attached hydrogens (tertiary/aromatic N) is 3. The molecule has 0 bridgehead atoms. The van der Waals surface area contributed by atoms with Crippen molar-refractivity contribution in [3.8, 4) is 0 Å². The first kappa shape index (κ1) is 31.6. The fourth-order valence-electron chi connectivity index (χ4n) is 5.56. The Morgan fingerprint density at radius 1 is 1.19 bits per heavy atom. The van der Waals surface area contributed by atoms with Gasteiger partial charge in [-0.3, -0.25) is 14.5 Å². The van der Waals surface area contributed by atoms with Crippen LogP contribution in [0.3, 0.4) is 0 Å². The highest BCUT2D eigenvalue weighted by Crippen LogP contribution is 2.23. The summed E-state index contributed by atoms with van der Waals surface area (Å²) in [5.74, 6) is 0.223. The SMILES string of the molecule is CSCC[C@H](NC(=O)CN(Cc1cccc2ccccc12)CC1CCCN1C(=O)CCc1cnc[nH]1)C(=O)OC(C)C. The van der Waals surface area contributed by atoms with Gasteiger partial charge in [0.1, 0.15) is 6.04 Å². The Morgan fingerprint density at radius 3 is 2.76 bits per heavy atom. The van der Waals surface area contributed by atoms with Crippen LogP contribution in [-0.4, -0.2) is 87.4 Å². The van der Waals surface area contributed by atoms with Gasteiger partial charge in [-0.25, -0.2) is 9.78 Å². The van der Waals surface area contributed by atoms with E-state index in [4.69, 9.17) is 4.74 Å². The molecule has 1 aromatic heterocycles. The maximum Gasteiger partial charge on any atom is 0.328 e. The highest BCUT2D eigenvalue weighted by molar-refractivity contribution is 7.98. The molecule has 4 rings (SSSR count). The molecule has 0 saturated carbocycles. The number of aryl methyl sites for hydroxylation is 1. The second-order valence-electron chi connectivity index (χ2n) is 11.2. The van der Waals surface area contributed by atoms with Gasteiger partial charge in [-0.1, -0.05) is 42.5 Å². The number of hydrogen-bond acceptors (Lipinski definition) is 7. The monoisotopic (exact) mass is 593 g/mol. The van der Waals surface area contributed by atoms with Gasteiger partial charge < -0.3 is 19.9 Å². The third-order valence-electron chi connectivity index (χ3n) is 7.55. The molecule has 2 heterocycles. The standard InChI is InChI=1S/C32H43N5O4S/c1-23(2)41-32(40)29(15-17-42-3)35-30(38)21-36(19-25-10-6-9-24-8-4-5-12-28(24)25)20-27-11-7-16-37(27)31(39)14-13-26-18-33-22-34-26/h4-6,8-10,12,18,22-23,27,29H,7,11,13-17,19-21H2,1-3H3,(H,33,34)(H,35,38)/t27?,29-/m0/s1. The predicted molar refractivity (Wildman–Crippen MR) is 167 cm³/mol. The van der Waals surface area contributed by atoms with Gasteiger partial charge in [0.05, 0.1) is 19.0 Å². The van der Waals surface area contributed by atoms with Crippen molar-refractivity contribution in [3.63, 3.8) is 0 Å². The lowest BCUT2D eigenvalue weighted by Gasteiger charge is -2.31. The zero-order valence-electron chi connectivity index (χ0n) is 24.9. The smallest absolute Gasteiger partial charge is 0.328 e. The molecule has 2 N–H and O–H groups in total. The molecular formula is C32H43N5O4S. The molecule has 10 heteroatoms. The van der Waals surface area contributed by atoms with Crippen molar-refractivity contribution >= 4 is 40.3 Å². The van der Waals surface area contributed by atoms with Crippen molar-refractivity contribution in [1.82, 2.24) is 25.1 Å². The first-order chi connectivity index (χ1) is 20.3. The van der Waals surface area contributed by atoms with Crippen LogP contribution < -0.4 is 5.32 Å². The molecule has 2 atom stereocenters. The van der Waals surface area contributed by atoms with Crippen LogP contribution in [0.2, 0.25) is 0 Å². The molecule has 0 radical (unpaired) electrons. The number of imidazole rings is 1. The number of esters is 1. The first-order valence-corrected chi connectivity index (χ1v) is 16.2. The number of rotatable bonds is 15. The summed E-state index contributed by atoms with van der Waals surface area (Å²) >= 11 is 1.62. The van der Waals surface area contributed by atoms with Crippen molar-refractivity contribution < 1.29 is 19.1 Å². The average molecular weight is 594 g/mol. The number of ether oxygens (including phenoxy) is 1. The minimum atomic E-state index is -0.696.